The third-order valence-corrected chi connectivity index (χ3v) is 12.3. The van der Waals surface area contributed by atoms with Gasteiger partial charge in [-0.15, -0.1) is 18.3 Å². The van der Waals surface area contributed by atoms with E-state index in [-0.39, 0.29) is 46.6 Å². The summed E-state index contributed by atoms with van der Waals surface area (Å²) in [6, 6.07) is 6.74. The Balaban J connectivity index is 1.50. The first-order valence-electron chi connectivity index (χ1n) is 14.9. The number of carbonyl (C=O) groups excluding carboxylic acids is 3. The van der Waals surface area contributed by atoms with Gasteiger partial charge in [-0.05, 0) is 81.0 Å². The Bertz CT molecular complexity index is 1180. The average molecular weight is 585 g/mol. The number of nitrogens with one attached hydrogen (secondary N) is 1. The molecule has 1 aromatic carbocycles. The van der Waals surface area contributed by atoms with Gasteiger partial charge in [0.25, 0.3) is 5.91 Å². The van der Waals surface area contributed by atoms with Gasteiger partial charge in [-0.2, -0.15) is 0 Å². The summed E-state index contributed by atoms with van der Waals surface area (Å²) in [4.78, 5) is 39.6. The molecule has 8 atom stereocenters. The van der Waals surface area contributed by atoms with E-state index in [1.807, 2.05) is 26.8 Å². The number of ketones is 1. The first-order valence-corrected chi connectivity index (χ1v) is 15.9. The second-order valence-corrected chi connectivity index (χ2v) is 15.6. The molecule has 41 heavy (non-hydrogen) atoms. The summed E-state index contributed by atoms with van der Waals surface area (Å²) >= 11 is 1.43. The topological polar surface area (TPSA) is 119 Å². The fraction of sp³-hybridized carbons (Fsp3) is 0.667. The number of rotatable bonds is 8. The predicted octanol–water partition coefficient (Wildman–Crippen LogP) is 5.42. The Morgan fingerprint density at radius 3 is 2.51 bits per heavy atom. The maximum Gasteiger partial charge on any atom is 0.316 e. The summed E-state index contributed by atoms with van der Waals surface area (Å²) in [5.74, 6) is -0.315. The number of esters is 1. The number of nitrogens with two attached hydrogens (primary N) is 1. The minimum Gasteiger partial charge on any atom is -0.461 e. The molecule has 4 N–H and O–H groups in total. The molecule has 7 nitrogen and oxygen atoms in total. The summed E-state index contributed by atoms with van der Waals surface area (Å²) < 4.78 is 5.92. The highest BCUT2D eigenvalue weighted by atomic mass is 32.2. The molecule has 0 radical (unpaired) electrons. The van der Waals surface area contributed by atoms with Crippen LogP contribution in [0.2, 0.25) is 0 Å². The van der Waals surface area contributed by atoms with Gasteiger partial charge < -0.3 is 20.9 Å². The van der Waals surface area contributed by atoms with Gasteiger partial charge in [-0.1, -0.05) is 33.8 Å². The van der Waals surface area contributed by atoms with E-state index in [1.54, 1.807) is 24.3 Å². The van der Waals surface area contributed by atoms with E-state index in [0.29, 0.717) is 30.6 Å². The van der Waals surface area contributed by atoms with Crippen LogP contribution in [0.15, 0.2) is 36.9 Å². The van der Waals surface area contributed by atoms with Crippen LogP contribution in [0.5, 0.6) is 0 Å². The number of hydrogen-bond donors (Lipinski definition) is 3. The van der Waals surface area contributed by atoms with Gasteiger partial charge in [0.15, 0.2) is 0 Å². The molecule has 4 rings (SSSR count). The molecule has 0 spiro atoms. The van der Waals surface area contributed by atoms with E-state index in [2.05, 4.69) is 32.7 Å². The molecule has 3 saturated carbocycles. The molecule has 0 heterocycles. The molecule has 8 heteroatoms. The number of thioether (sulfide) groups is 1. The van der Waals surface area contributed by atoms with Crippen molar-refractivity contribution in [2.75, 3.05) is 18.0 Å². The van der Waals surface area contributed by atoms with Crippen molar-refractivity contribution in [2.45, 2.75) is 90.6 Å². The molecule has 3 aliphatic rings. The molecule has 0 aromatic heterocycles. The fourth-order valence-corrected chi connectivity index (χ4v) is 8.78. The number of benzene rings is 1. The van der Waals surface area contributed by atoms with E-state index >= 15 is 0 Å². The summed E-state index contributed by atoms with van der Waals surface area (Å²) in [5, 5.41) is 14.6. The van der Waals surface area contributed by atoms with Crippen molar-refractivity contribution in [1.82, 2.24) is 5.32 Å². The molecule has 0 unspecified atom stereocenters. The van der Waals surface area contributed by atoms with Gasteiger partial charge in [-0.3, -0.25) is 14.4 Å². The second-order valence-electron chi connectivity index (χ2n) is 13.9. The maximum absolute atomic E-state index is 13.6. The highest BCUT2D eigenvalue weighted by Gasteiger charge is 2.68. The zero-order valence-electron chi connectivity index (χ0n) is 25.5. The number of aliphatic hydroxyl groups excluding tert-OH is 1. The van der Waals surface area contributed by atoms with Crippen LogP contribution in [-0.4, -0.2) is 52.0 Å². The van der Waals surface area contributed by atoms with Crippen LogP contribution in [0.25, 0.3) is 0 Å². The number of carbonyl (C=O) groups is 3. The number of nitrogen functional groups attached to an aromatic ring is 1. The smallest absolute Gasteiger partial charge is 0.316 e. The third kappa shape index (κ3) is 5.71. The first-order chi connectivity index (χ1) is 19.1. The fourth-order valence-electron chi connectivity index (χ4n) is 8.03. The molecular formula is C33H48N2O5S. The van der Waals surface area contributed by atoms with Crippen molar-refractivity contribution in [2.24, 2.45) is 34.0 Å². The molecule has 3 aliphatic carbocycles. The molecule has 0 aliphatic heterocycles. The van der Waals surface area contributed by atoms with E-state index in [1.165, 1.54) is 11.8 Å². The maximum atomic E-state index is 13.6. The van der Waals surface area contributed by atoms with Crippen LogP contribution in [-0.2, 0) is 14.3 Å². The molecule has 2 bridgehead atoms. The molecule has 1 amide bonds. The number of ether oxygens (including phenoxy) is 1. The van der Waals surface area contributed by atoms with Crippen molar-refractivity contribution in [3.05, 3.63) is 42.5 Å². The number of amides is 1. The molecular weight excluding hydrogens is 536 g/mol. The molecule has 0 saturated heterocycles. The normalized spacial score (nSPS) is 37.0. The van der Waals surface area contributed by atoms with Crippen LogP contribution in [0.1, 0.15) is 84.0 Å². The minimum atomic E-state index is -0.689. The lowest BCUT2D eigenvalue weighted by atomic mass is 9.44. The highest BCUT2D eigenvalue weighted by Crippen LogP contribution is 2.68. The summed E-state index contributed by atoms with van der Waals surface area (Å²) in [5.41, 5.74) is 5.34. The van der Waals surface area contributed by atoms with Crippen LogP contribution in [0, 0.1) is 34.0 Å². The number of anilines is 1. The Morgan fingerprint density at radius 2 is 1.88 bits per heavy atom. The van der Waals surface area contributed by atoms with E-state index < -0.39 is 27.8 Å². The van der Waals surface area contributed by atoms with Crippen molar-refractivity contribution in [3.8, 4) is 0 Å². The zero-order valence-corrected chi connectivity index (χ0v) is 26.3. The van der Waals surface area contributed by atoms with E-state index in [0.717, 1.165) is 19.3 Å². The quantitative estimate of drug-likeness (QED) is 0.212. The molecule has 1 aromatic rings. The van der Waals surface area contributed by atoms with Crippen LogP contribution in [0.3, 0.4) is 0 Å². The first kappa shape index (κ1) is 31.6. The lowest BCUT2D eigenvalue weighted by molar-refractivity contribution is -0.205. The third-order valence-electron chi connectivity index (χ3n) is 11.0. The van der Waals surface area contributed by atoms with Crippen LogP contribution < -0.4 is 11.1 Å². The lowest BCUT2D eigenvalue weighted by Crippen LogP contribution is -2.63. The van der Waals surface area contributed by atoms with Crippen molar-refractivity contribution >= 4 is 35.1 Å². The largest absolute Gasteiger partial charge is 0.461 e. The van der Waals surface area contributed by atoms with E-state index in [4.69, 9.17) is 10.5 Å². The minimum absolute atomic E-state index is 0.0646. The number of Topliss-reactive ketones (excluding diaryl/α,β-unsaturated/α-hetero) is 1. The van der Waals surface area contributed by atoms with Crippen LogP contribution >= 0.6 is 11.8 Å². The molecule has 3 fully saturated rings. The van der Waals surface area contributed by atoms with Crippen molar-refractivity contribution in [3.63, 3.8) is 0 Å². The Kier molecular flexibility index (Phi) is 8.79. The number of hydrogen-bond acceptors (Lipinski definition) is 7. The SMILES string of the molecule is C=C[C@]1(C)C[C@@H](OC(=O)CSC(C)(C)CNC(=O)c2ccc(N)cc2)[C@]2(C)[C@H](C)CC[C@]3(CCC(=O)[C@H]32)[C@@H](C)[C@@H]1O. The van der Waals surface area contributed by atoms with E-state index in [9.17, 15) is 19.5 Å². The zero-order chi connectivity index (χ0) is 30.4. The summed E-state index contributed by atoms with van der Waals surface area (Å²) in [6.45, 7) is 16.8. The standard InChI is InChI=1S/C33H48N2O5S/c1-8-31(6)17-25(32(7)20(2)13-15-33(21(3)28(31)38)16-14-24(36)27(32)33)40-26(37)18-41-30(4,5)19-35-29(39)22-9-11-23(34)12-10-22/h8-12,20-21,25,27-28,38H,1,13-19,34H2,2-7H3,(H,35,39)/t20-,21+,25-,27+,28+,31-,32+,33+/m1/s1. The van der Waals surface area contributed by atoms with Gasteiger partial charge in [0, 0.05) is 45.7 Å². The van der Waals surface area contributed by atoms with Crippen molar-refractivity contribution < 1.29 is 24.2 Å². The second kappa shape index (κ2) is 11.4. The highest BCUT2D eigenvalue weighted by molar-refractivity contribution is 8.01. The van der Waals surface area contributed by atoms with Gasteiger partial charge in [0.05, 0.1) is 11.9 Å². The van der Waals surface area contributed by atoms with Crippen LogP contribution in [0.4, 0.5) is 5.69 Å². The predicted molar refractivity (Wildman–Crippen MR) is 164 cm³/mol. The molecule has 226 valence electrons. The monoisotopic (exact) mass is 584 g/mol. The Labute approximate surface area is 249 Å². The van der Waals surface area contributed by atoms with Gasteiger partial charge in [0.2, 0.25) is 0 Å². The van der Waals surface area contributed by atoms with Gasteiger partial charge in [0.1, 0.15) is 11.9 Å². The number of aliphatic hydroxyl groups is 1. The van der Waals surface area contributed by atoms with Crippen molar-refractivity contribution in [1.29, 1.82) is 0 Å². The lowest BCUT2D eigenvalue weighted by Gasteiger charge is -2.61. The summed E-state index contributed by atoms with van der Waals surface area (Å²) in [7, 11) is 0. The van der Waals surface area contributed by atoms with Gasteiger partial charge in [-0.25, -0.2) is 0 Å². The summed E-state index contributed by atoms with van der Waals surface area (Å²) in [6.07, 6.45) is 4.14. The average Bonchev–Trinajstić information content (AvgIpc) is 3.29. The Morgan fingerprint density at radius 1 is 1.22 bits per heavy atom. The Hall–Kier alpha value is -2.32. The van der Waals surface area contributed by atoms with Gasteiger partial charge >= 0.3 is 5.97 Å².